The third-order valence-electron chi connectivity index (χ3n) is 2.54. The minimum Gasteiger partial charge on any atom is -0.495 e. The molecule has 2 aromatic carbocycles. The second-order valence-corrected chi connectivity index (χ2v) is 5.56. The second-order valence-electron chi connectivity index (χ2n) is 3.88. The fraction of sp³-hybridized carbons (Fsp3) is 0.0769. The van der Waals surface area contributed by atoms with Crippen molar-refractivity contribution in [1.82, 2.24) is 0 Å². The second kappa shape index (κ2) is 5.19. The van der Waals surface area contributed by atoms with Gasteiger partial charge in [-0.05, 0) is 24.3 Å². The van der Waals surface area contributed by atoms with Gasteiger partial charge in [-0.25, -0.2) is 8.42 Å². The number of hydrogen-bond donors (Lipinski definition) is 2. The third kappa shape index (κ3) is 2.97. The van der Waals surface area contributed by atoms with Gasteiger partial charge in [-0.2, -0.15) is 0 Å². The van der Waals surface area contributed by atoms with E-state index in [1.165, 1.54) is 25.3 Å². The van der Waals surface area contributed by atoms with Gasteiger partial charge in [-0.15, -0.1) is 0 Å². The lowest BCUT2D eigenvalue weighted by Gasteiger charge is -2.10. The number of nitrogens with one attached hydrogen (secondary N) is 1. The molecule has 0 heterocycles. The molecule has 0 radical (unpaired) electrons. The number of anilines is 2. The number of sulfonamides is 1. The summed E-state index contributed by atoms with van der Waals surface area (Å²) in [6, 6.07) is 12.8. The standard InChI is InChI=1S/C13H14N2O3S/c1-18-13-9-10(7-8-12(13)14)15-19(16,17)11-5-3-2-4-6-11/h2-9,15H,14H2,1H3. The van der Waals surface area contributed by atoms with Crippen molar-refractivity contribution < 1.29 is 13.2 Å². The summed E-state index contributed by atoms with van der Waals surface area (Å²) >= 11 is 0. The fourth-order valence-electron chi connectivity index (χ4n) is 1.59. The maximum absolute atomic E-state index is 12.1. The highest BCUT2D eigenvalue weighted by Crippen LogP contribution is 2.26. The summed E-state index contributed by atoms with van der Waals surface area (Å²) in [5.74, 6) is 0.424. The predicted octanol–water partition coefficient (Wildman–Crippen LogP) is 2.08. The van der Waals surface area contributed by atoms with Gasteiger partial charge >= 0.3 is 0 Å². The molecular weight excluding hydrogens is 264 g/mol. The zero-order valence-electron chi connectivity index (χ0n) is 10.3. The molecule has 0 aliphatic carbocycles. The first kappa shape index (κ1) is 13.2. The van der Waals surface area contributed by atoms with Crippen molar-refractivity contribution in [3.05, 3.63) is 48.5 Å². The van der Waals surface area contributed by atoms with Crippen LogP contribution in [0.1, 0.15) is 0 Å². The van der Waals surface area contributed by atoms with E-state index in [1.54, 1.807) is 30.3 Å². The average molecular weight is 278 g/mol. The van der Waals surface area contributed by atoms with Crippen LogP contribution in [0, 0.1) is 0 Å². The Morgan fingerprint density at radius 3 is 2.42 bits per heavy atom. The molecule has 0 atom stereocenters. The molecule has 0 spiro atoms. The van der Waals surface area contributed by atoms with Crippen molar-refractivity contribution in [1.29, 1.82) is 0 Å². The molecule has 0 aliphatic heterocycles. The average Bonchev–Trinajstić information content (AvgIpc) is 2.42. The first-order chi connectivity index (χ1) is 9.03. The van der Waals surface area contributed by atoms with Gasteiger partial charge in [-0.3, -0.25) is 4.72 Å². The first-order valence-electron chi connectivity index (χ1n) is 5.54. The van der Waals surface area contributed by atoms with E-state index in [-0.39, 0.29) is 4.90 Å². The Morgan fingerprint density at radius 2 is 1.79 bits per heavy atom. The van der Waals surface area contributed by atoms with Crippen LogP contribution >= 0.6 is 0 Å². The number of ether oxygens (including phenoxy) is 1. The Bertz CT molecular complexity index is 670. The van der Waals surface area contributed by atoms with Gasteiger partial charge < -0.3 is 10.5 Å². The molecule has 19 heavy (non-hydrogen) atoms. The van der Waals surface area contributed by atoms with Crippen LogP contribution in [0.5, 0.6) is 5.75 Å². The van der Waals surface area contributed by atoms with Crippen LogP contribution in [0.3, 0.4) is 0 Å². The lowest BCUT2D eigenvalue weighted by molar-refractivity contribution is 0.417. The van der Waals surface area contributed by atoms with Crippen molar-refractivity contribution in [3.8, 4) is 5.75 Å². The van der Waals surface area contributed by atoms with Crippen molar-refractivity contribution in [2.24, 2.45) is 0 Å². The van der Waals surface area contributed by atoms with E-state index in [9.17, 15) is 8.42 Å². The summed E-state index contributed by atoms with van der Waals surface area (Å²) in [4.78, 5) is 0.200. The van der Waals surface area contributed by atoms with Crippen LogP contribution in [0.25, 0.3) is 0 Å². The van der Waals surface area contributed by atoms with Gasteiger partial charge in [0.15, 0.2) is 0 Å². The van der Waals surface area contributed by atoms with Crippen LogP contribution in [0.2, 0.25) is 0 Å². The number of hydrogen-bond acceptors (Lipinski definition) is 4. The highest BCUT2D eigenvalue weighted by Gasteiger charge is 2.14. The van der Waals surface area contributed by atoms with Crippen LogP contribution in [0.4, 0.5) is 11.4 Å². The maximum atomic E-state index is 12.1. The normalized spacial score (nSPS) is 11.0. The van der Waals surface area contributed by atoms with Crippen LogP contribution in [0.15, 0.2) is 53.4 Å². The van der Waals surface area contributed by atoms with E-state index in [0.29, 0.717) is 17.1 Å². The summed E-state index contributed by atoms with van der Waals surface area (Å²) in [6.07, 6.45) is 0. The van der Waals surface area contributed by atoms with E-state index < -0.39 is 10.0 Å². The SMILES string of the molecule is COc1cc(NS(=O)(=O)c2ccccc2)ccc1N. The van der Waals surface area contributed by atoms with Gasteiger partial charge in [0, 0.05) is 6.07 Å². The molecule has 0 aromatic heterocycles. The van der Waals surface area contributed by atoms with Gasteiger partial charge in [0.25, 0.3) is 10.0 Å². The lowest BCUT2D eigenvalue weighted by Crippen LogP contribution is -2.12. The van der Waals surface area contributed by atoms with Crippen molar-refractivity contribution >= 4 is 21.4 Å². The van der Waals surface area contributed by atoms with Crippen molar-refractivity contribution in [3.63, 3.8) is 0 Å². The van der Waals surface area contributed by atoms with Crippen LogP contribution in [-0.2, 0) is 10.0 Å². The molecule has 2 aromatic rings. The Kier molecular flexibility index (Phi) is 3.62. The molecule has 2 rings (SSSR count). The Morgan fingerprint density at radius 1 is 1.11 bits per heavy atom. The molecule has 0 unspecified atom stereocenters. The smallest absolute Gasteiger partial charge is 0.261 e. The number of benzene rings is 2. The minimum absolute atomic E-state index is 0.200. The molecule has 0 aliphatic rings. The quantitative estimate of drug-likeness (QED) is 0.839. The maximum Gasteiger partial charge on any atom is 0.261 e. The number of nitrogen functional groups attached to an aromatic ring is 1. The van der Waals surface area contributed by atoms with Gasteiger partial charge in [0.2, 0.25) is 0 Å². The van der Waals surface area contributed by atoms with Crippen LogP contribution < -0.4 is 15.2 Å². The molecule has 5 nitrogen and oxygen atoms in total. The molecule has 0 saturated heterocycles. The van der Waals surface area contributed by atoms with Gasteiger partial charge in [-0.1, -0.05) is 18.2 Å². The Labute approximate surface area is 112 Å². The van der Waals surface area contributed by atoms with Crippen molar-refractivity contribution in [2.45, 2.75) is 4.90 Å². The fourth-order valence-corrected chi connectivity index (χ4v) is 2.66. The minimum atomic E-state index is -3.60. The summed E-state index contributed by atoms with van der Waals surface area (Å²) < 4.78 is 31.7. The van der Waals surface area contributed by atoms with E-state index in [1.807, 2.05) is 0 Å². The lowest BCUT2D eigenvalue weighted by atomic mass is 10.2. The van der Waals surface area contributed by atoms with Gasteiger partial charge in [0.05, 0.1) is 23.4 Å². The third-order valence-corrected chi connectivity index (χ3v) is 3.94. The van der Waals surface area contributed by atoms with E-state index >= 15 is 0 Å². The zero-order chi connectivity index (χ0) is 13.9. The first-order valence-corrected chi connectivity index (χ1v) is 7.02. The summed E-state index contributed by atoms with van der Waals surface area (Å²) in [6.45, 7) is 0. The van der Waals surface area contributed by atoms with Crippen molar-refractivity contribution in [2.75, 3.05) is 17.6 Å². The molecule has 100 valence electrons. The number of nitrogens with two attached hydrogens (primary N) is 1. The number of rotatable bonds is 4. The Hall–Kier alpha value is -2.21. The number of methoxy groups -OCH3 is 1. The van der Waals surface area contributed by atoms with Gasteiger partial charge in [0.1, 0.15) is 5.75 Å². The summed E-state index contributed by atoms with van der Waals surface area (Å²) in [5, 5.41) is 0. The Balaban J connectivity index is 2.31. The predicted molar refractivity (Wildman–Crippen MR) is 74.7 cm³/mol. The van der Waals surface area contributed by atoms with Crippen LogP contribution in [-0.4, -0.2) is 15.5 Å². The molecule has 0 saturated carbocycles. The summed E-state index contributed by atoms with van der Waals surface area (Å²) in [5.41, 5.74) is 6.52. The molecule has 0 amide bonds. The van der Waals surface area contributed by atoms with E-state index in [0.717, 1.165) is 0 Å². The largest absolute Gasteiger partial charge is 0.495 e. The highest BCUT2D eigenvalue weighted by atomic mass is 32.2. The monoisotopic (exact) mass is 278 g/mol. The van der Waals surface area contributed by atoms with E-state index in [2.05, 4.69) is 4.72 Å². The molecule has 0 bridgehead atoms. The zero-order valence-corrected chi connectivity index (χ0v) is 11.1. The molecule has 3 N–H and O–H groups in total. The molecular formula is C13H14N2O3S. The van der Waals surface area contributed by atoms with E-state index in [4.69, 9.17) is 10.5 Å². The highest BCUT2D eigenvalue weighted by molar-refractivity contribution is 7.92. The summed E-state index contributed by atoms with van der Waals surface area (Å²) in [7, 11) is -2.12. The molecule has 0 fully saturated rings. The topological polar surface area (TPSA) is 81.4 Å². The molecule has 6 heteroatoms.